The van der Waals surface area contributed by atoms with E-state index in [4.69, 9.17) is 4.74 Å². The fourth-order valence-electron chi connectivity index (χ4n) is 2.69. The number of benzene rings is 1. The predicted octanol–water partition coefficient (Wildman–Crippen LogP) is 1.49. The zero-order valence-corrected chi connectivity index (χ0v) is 15.2. The molecular weight excluding hydrogens is 361 g/mol. The van der Waals surface area contributed by atoms with Crippen molar-refractivity contribution >= 4 is 16.0 Å². The number of nitrogens with one attached hydrogen (secondary N) is 1. The lowest BCUT2D eigenvalue weighted by atomic mass is 10.1. The number of hydrogen-bond acceptors (Lipinski definition) is 7. The number of anilines is 1. The van der Waals surface area contributed by atoms with E-state index in [9.17, 15) is 12.8 Å². The average Bonchev–Trinajstić information content (AvgIpc) is 2.67. The van der Waals surface area contributed by atoms with Gasteiger partial charge in [-0.25, -0.2) is 17.5 Å². The second-order valence-electron chi connectivity index (χ2n) is 5.84. The molecule has 10 heteroatoms. The van der Waals surface area contributed by atoms with Gasteiger partial charge in [0.2, 0.25) is 16.0 Å². The maximum atomic E-state index is 13.7. The highest BCUT2D eigenvalue weighted by atomic mass is 32.2. The van der Waals surface area contributed by atoms with E-state index in [-0.39, 0.29) is 18.4 Å². The number of piperidine rings is 1. The van der Waals surface area contributed by atoms with Gasteiger partial charge in [0.1, 0.15) is 10.7 Å². The summed E-state index contributed by atoms with van der Waals surface area (Å²) in [5, 5.41) is 0. The molecule has 1 aromatic carbocycles. The van der Waals surface area contributed by atoms with Gasteiger partial charge in [0.15, 0.2) is 5.82 Å². The van der Waals surface area contributed by atoms with Crippen LogP contribution in [0, 0.1) is 5.82 Å². The molecule has 0 atom stereocenters. The van der Waals surface area contributed by atoms with Crippen molar-refractivity contribution in [3.63, 3.8) is 0 Å². The second-order valence-corrected chi connectivity index (χ2v) is 7.58. The van der Waals surface area contributed by atoms with E-state index in [0.29, 0.717) is 5.95 Å². The van der Waals surface area contributed by atoms with Crippen LogP contribution in [-0.4, -0.2) is 43.6 Å². The molecule has 0 bridgehead atoms. The van der Waals surface area contributed by atoms with E-state index in [1.807, 2.05) is 4.90 Å². The number of hydrogen-bond donors (Lipinski definition) is 1. The Morgan fingerprint density at radius 1 is 1.15 bits per heavy atom. The number of halogens is 1. The first-order valence-corrected chi connectivity index (χ1v) is 9.76. The Labute approximate surface area is 151 Å². The minimum Gasteiger partial charge on any atom is -0.467 e. The standard InChI is InChI=1S/C16H20FN5O3S/c1-25-16-20-14(19-15(21-16)22-9-5-2-6-10-22)11-18-26(23,24)13-8-4-3-7-12(13)17/h3-4,7-8,18H,2,5-6,9-11H2,1H3. The number of aromatic nitrogens is 3. The summed E-state index contributed by atoms with van der Waals surface area (Å²) < 4.78 is 45.8. The Kier molecular flexibility index (Phi) is 5.62. The average molecular weight is 381 g/mol. The summed E-state index contributed by atoms with van der Waals surface area (Å²) in [5.41, 5.74) is 0. The third kappa shape index (κ3) is 4.25. The van der Waals surface area contributed by atoms with Crippen LogP contribution in [0.1, 0.15) is 25.1 Å². The first-order chi connectivity index (χ1) is 12.5. The Bertz CT molecular complexity index is 872. The molecule has 140 valence electrons. The van der Waals surface area contributed by atoms with Crippen LogP contribution in [-0.2, 0) is 16.6 Å². The van der Waals surface area contributed by atoms with Crippen molar-refractivity contribution in [3.8, 4) is 6.01 Å². The molecular formula is C16H20FN5O3S. The smallest absolute Gasteiger partial charge is 0.321 e. The van der Waals surface area contributed by atoms with Gasteiger partial charge in [-0.2, -0.15) is 15.0 Å². The third-order valence-electron chi connectivity index (χ3n) is 4.02. The molecule has 0 spiro atoms. The van der Waals surface area contributed by atoms with Crippen LogP contribution >= 0.6 is 0 Å². The Morgan fingerprint density at radius 3 is 2.58 bits per heavy atom. The van der Waals surface area contributed by atoms with Crippen molar-refractivity contribution in [2.45, 2.75) is 30.7 Å². The summed E-state index contributed by atoms with van der Waals surface area (Å²) in [4.78, 5) is 14.2. The highest BCUT2D eigenvalue weighted by Gasteiger charge is 2.20. The summed E-state index contributed by atoms with van der Waals surface area (Å²) in [5.74, 6) is -0.156. The van der Waals surface area contributed by atoms with Crippen LogP contribution in [0.2, 0.25) is 0 Å². The van der Waals surface area contributed by atoms with Gasteiger partial charge in [0.25, 0.3) is 0 Å². The Hall–Kier alpha value is -2.33. The summed E-state index contributed by atoms with van der Waals surface area (Å²) in [7, 11) is -2.59. The quantitative estimate of drug-likeness (QED) is 0.809. The largest absolute Gasteiger partial charge is 0.467 e. The summed E-state index contributed by atoms with van der Waals surface area (Å²) >= 11 is 0. The zero-order valence-electron chi connectivity index (χ0n) is 14.4. The van der Waals surface area contributed by atoms with Crippen molar-refractivity contribution in [2.24, 2.45) is 0 Å². The van der Waals surface area contributed by atoms with Gasteiger partial charge in [-0.15, -0.1) is 0 Å². The molecule has 1 aliphatic rings. The number of rotatable bonds is 6. The monoisotopic (exact) mass is 381 g/mol. The highest BCUT2D eigenvalue weighted by molar-refractivity contribution is 7.89. The van der Waals surface area contributed by atoms with Gasteiger partial charge in [-0.3, -0.25) is 0 Å². The molecule has 1 saturated heterocycles. The fraction of sp³-hybridized carbons (Fsp3) is 0.438. The first kappa shape index (κ1) is 18.5. The van der Waals surface area contributed by atoms with E-state index in [2.05, 4.69) is 19.7 Å². The van der Waals surface area contributed by atoms with E-state index < -0.39 is 20.7 Å². The summed E-state index contributed by atoms with van der Waals surface area (Å²) in [6, 6.07) is 5.29. The molecule has 2 heterocycles. The van der Waals surface area contributed by atoms with Crippen LogP contribution < -0.4 is 14.4 Å². The molecule has 1 aliphatic heterocycles. The third-order valence-corrected chi connectivity index (χ3v) is 5.45. The molecule has 8 nitrogen and oxygen atoms in total. The van der Waals surface area contributed by atoms with Crippen molar-refractivity contribution < 1.29 is 17.5 Å². The van der Waals surface area contributed by atoms with Crippen LogP contribution in [0.4, 0.5) is 10.3 Å². The van der Waals surface area contributed by atoms with Crippen LogP contribution in [0.15, 0.2) is 29.2 Å². The number of ether oxygens (including phenoxy) is 1. The molecule has 0 unspecified atom stereocenters. The molecule has 1 fully saturated rings. The van der Waals surface area contributed by atoms with E-state index >= 15 is 0 Å². The molecule has 1 N–H and O–H groups in total. The van der Waals surface area contributed by atoms with Crippen molar-refractivity contribution in [1.29, 1.82) is 0 Å². The lowest BCUT2D eigenvalue weighted by molar-refractivity contribution is 0.374. The summed E-state index contributed by atoms with van der Waals surface area (Å²) in [6.45, 7) is 1.46. The maximum Gasteiger partial charge on any atom is 0.321 e. The zero-order chi connectivity index (χ0) is 18.6. The topological polar surface area (TPSA) is 97.3 Å². The molecule has 0 saturated carbocycles. The molecule has 26 heavy (non-hydrogen) atoms. The van der Waals surface area contributed by atoms with E-state index in [1.165, 1.54) is 25.3 Å². The Morgan fingerprint density at radius 2 is 1.88 bits per heavy atom. The fourth-order valence-corrected chi connectivity index (χ4v) is 3.75. The Balaban J connectivity index is 1.80. The number of nitrogens with zero attached hydrogens (tertiary/aromatic N) is 4. The lowest BCUT2D eigenvalue weighted by Gasteiger charge is -2.26. The van der Waals surface area contributed by atoms with Gasteiger partial charge >= 0.3 is 6.01 Å². The van der Waals surface area contributed by atoms with Gasteiger partial charge in [0.05, 0.1) is 13.7 Å². The second kappa shape index (κ2) is 7.92. The van der Waals surface area contributed by atoms with Gasteiger partial charge in [0, 0.05) is 13.1 Å². The molecule has 0 aliphatic carbocycles. The molecule has 2 aromatic rings. The van der Waals surface area contributed by atoms with Crippen molar-refractivity contribution in [1.82, 2.24) is 19.7 Å². The highest BCUT2D eigenvalue weighted by Crippen LogP contribution is 2.18. The van der Waals surface area contributed by atoms with Gasteiger partial charge in [-0.05, 0) is 31.4 Å². The number of sulfonamides is 1. The lowest BCUT2D eigenvalue weighted by Crippen LogP contribution is -2.32. The molecule has 0 radical (unpaired) electrons. The maximum absolute atomic E-state index is 13.7. The number of methoxy groups -OCH3 is 1. The molecule has 3 rings (SSSR count). The molecule has 1 aromatic heterocycles. The van der Waals surface area contributed by atoms with E-state index in [0.717, 1.165) is 38.4 Å². The first-order valence-electron chi connectivity index (χ1n) is 8.28. The predicted molar refractivity (Wildman–Crippen MR) is 92.9 cm³/mol. The van der Waals surface area contributed by atoms with Crippen molar-refractivity contribution in [3.05, 3.63) is 35.9 Å². The van der Waals surface area contributed by atoms with Crippen LogP contribution in [0.5, 0.6) is 6.01 Å². The van der Waals surface area contributed by atoms with E-state index in [1.54, 1.807) is 0 Å². The van der Waals surface area contributed by atoms with Crippen LogP contribution in [0.25, 0.3) is 0 Å². The summed E-state index contributed by atoms with van der Waals surface area (Å²) in [6.07, 6.45) is 3.25. The van der Waals surface area contributed by atoms with Gasteiger partial charge < -0.3 is 9.64 Å². The van der Waals surface area contributed by atoms with Gasteiger partial charge in [-0.1, -0.05) is 12.1 Å². The van der Waals surface area contributed by atoms with Crippen LogP contribution in [0.3, 0.4) is 0 Å². The SMILES string of the molecule is COc1nc(CNS(=O)(=O)c2ccccc2F)nc(N2CCCCC2)n1. The minimum atomic E-state index is -4.03. The minimum absolute atomic E-state index is 0.112. The normalized spacial score (nSPS) is 15.1. The molecule has 0 amide bonds. The van der Waals surface area contributed by atoms with Crippen molar-refractivity contribution in [2.75, 3.05) is 25.1 Å².